The van der Waals surface area contributed by atoms with Gasteiger partial charge in [0.25, 0.3) is 0 Å². The minimum Gasteiger partial charge on any atom is -0.315 e. The molecule has 0 saturated carbocycles. The lowest BCUT2D eigenvalue weighted by atomic mass is 9.93. The first-order valence-corrected chi connectivity index (χ1v) is 8.20. The van der Waals surface area contributed by atoms with Crippen LogP contribution in [0.15, 0.2) is 30.7 Å². The highest BCUT2D eigenvalue weighted by Gasteiger charge is 2.23. The summed E-state index contributed by atoms with van der Waals surface area (Å²) in [5.74, 6) is 0.550. The number of rotatable bonds is 2. The summed E-state index contributed by atoms with van der Waals surface area (Å²) in [4.78, 5) is 4.29. The maximum Gasteiger partial charge on any atom is 0.158 e. The molecular weight excluding hydrogens is 300 g/mol. The highest BCUT2D eigenvalue weighted by molar-refractivity contribution is 5.88. The van der Waals surface area contributed by atoms with E-state index in [0.29, 0.717) is 5.92 Å². The van der Waals surface area contributed by atoms with Gasteiger partial charge in [-0.3, -0.25) is 5.10 Å². The van der Waals surface area contributed by atoms with Crippen molar-refractivity contribution in [3.8, 4) is 11.1 Å². The highest BCUT2D eigenvalue weighted by atomic mass is 15.3. The predicted molar refractivity (Wildman–Crippen MR) is 93.2 cm³/mol. The Morgan fingerprint density at radius 3 is 2.79 bits per heavy atom. The summed E-state index contributed by atoms with van der Waals surface area (Å²) in [7, 11) is 0. The minimum absolute atomic E-state index is 0.550. The minimum atomic E-state index is 0.550. The van der Waals surface area contributed by atoms with Crippen molar-refractivity contribution >= 4 is 16.6 Å². The molecule has 0 spiro atoms. The van der Waals surface area contributed by atoms with E-state index in [-0.39, 0.29) is 0 Å². The number of pyridine rings is 1. The van der Waals surface area contributed by atoms with Crippen molar-refractivity contribution in [3.63, 3.8) is 0 Å². The van der Waals surface area contributed by atoms with Gasteiger partial charge in [-0.2, -0.15) is 10.2 Å². The van der Waals surface area contributed by atoms with Gasteiger partial charge in [-0.25, -0.2) is 9.50 Å². The molecule has 2 N–H and O–H groups in total. The van der Waals surface area contributed by atoms with Crippen molar-refractivity contribution < 1.29 is 0 Å². The SMILES string of the molecule is Cc1cc2c(C3CNC3)[nH]nc2cc1-c1cc(C)c2ncnn2c1. The summed E-state index contributed by atoms with van der Waals surface area (Å²) >= 11 is 0. The van der Waals surface area contributed by atoms with Crippen molar-refractivity contribution in [3.05, 3.63) is 47.5 Å². The molecule has 6 nitrogen and oxygen atoms in total. The van der Waals surface area contributed by atoms with E-state index < -0.39 is 0 Å². The summed E-state index contributed by atoms with van der Waals surface area (Å²) in [5.41, 5.74) is 7.86. The monoisotopic (exact) mass is 318 g/mol. The van der Waals surface area contributed by atoms with Gasteiger partial charge in [0.15, 0.2) is 5.65 Å². The fourth-order valence-electron chi connectivity index (χ4n) is 3.54. The third kappa shape index (κ3) is 1.89. The number of nitrogens with zero attached hydrogens (tertiary/aromatic N) is 4. The number of H-pyrrole nitrogens is 1. The van der Waals surface area contributed by atoms with E-state index in [2.05, 4.69) is 57.6 Å². The fourth-order valence-corrected chi connectivity index (χ4v) is 3.54. The van der Waals surface area contributed by atoms with Crippen LogP contribution in [-0.4, -0.2) is 37.9 Å². The summed E-state index contributed by atoms with van der Waals surface area (Å²) in [6, 6.07) is 6.60. The number of aromatic nitrogens is 5. The van der Waals surface area contributed by atoms with Crippen LogP contribution in [0.1, 0.15) is 22.7 Å². The van der Waals surface area contributed by atoms with Gasteiger partial charge in [-0.15, -0.1) is 0 Å². The maximum atomic E-state index is 4.54. The third-order valence-corrected chi connectivity index (χ3v) is 4.99. The van der Waals surface area contributed by atoms with E-state index >= 15 is 0 Å². The number of aryl methyl sites for hydroxylation is 2. The van der Waals surface area contributed by atoms with Crippen molar-refractivity contribution in [1.29, 1.82) is 0 Å². The maximum absolute atomic E-state index is 4.54. The summed E-state index contributed by atoms with van der Waals surface area (Å²) in [6.45, 7) is 6.28. The second-order valence-electron chi connectivity index (χ2n) is 6.62. The number of hydrogen-bond acceptors (Lipinski definition) is 4. The van der Waals surface area contributed by atoms with Crippen LogP contribution >= 0.6 is 0 Å². The van der Waals surface area contributed by atoms with Gasteiger partial charge < -0.3 is 5.32 Å². The Balaban J connectivity index is 1.69. The third-order valence-electron chi connectivity index (χ3n) is 4.99. The van der Waals surface area contributed by atoms with Crippen LogP contribution in [0.4, 0.5) is 0 Å². The van der Waals surface area contributed by atoms with Crippen LogP contribution < -0.4 is 5.32 Å². The van der Waals surface area contributed by atoms with E-state index in [1.165, 1.54) is 22.2 Å². The van der Waals surface area contributed by atoms with Gasteiger partial charge in [-0.05, 0) is 48.7 Å². The van der Waals surface area contributed by atoms with Crippen molar-refractivity contribution in [1.82, 2.24) is 30.1 Å². The number of nitrogens with one attached hydrogen (secondary N) is 2. The molecule has 5 rings (SSSR count). The smallest absolute Gasteiger partial charge is 0.158 e. The zero-order valence-corrected chi connectivity index (χ0v) is 13.7. The molecule has 120 valence electrons. The largest absolute Gasteiger partial charge is 0.315 e. The predicted octanol–water partition coefficient (Wildman–Crippen LogP) is 2.58. The van der Waals surface area contributed by atoms with Crippen LogP contribution in [0.3, 0.4) is 0 Å². The Morgan fingerprint density at radius 1 is 1.12 bits per heavy atom. The lowest BCUT2D eigenvalue weighted by Crippen LogP contribution is -2.40. The summed E-state index contributed by atoms with van der Waals surface area (Å²) in [6.07, 6.45) is 3.63. The molecule has 1 aliphatic heterocycles. The Hall–Kier alpha value is -2.73. The highest BCUT2D eigenvalue weighted by Crippen LogP contribution is 2.32. The van der Waals surface area contributed by atoms with Crippen LogP contribution in [0.5, 0.6) is 0 Å². The van der Waals surface area contributed by atoms with Gasteiger partial charge in [0.2, 0.25) is 0 Å². The van der Waals surface area contributed by atoms with Crippen LogP contribution in [0.25, 0.3) is 27.7 Å². The molecule has 1 fully saturated rings. The van der Waals surface area contributed by atoms with Gasteiger partial charge >= 0.3 is 0 Å². The van der Waals surface area contributed by atoms with Gasteiger partial charge in [0.05, 0.1) is 5.52 Å². The van der Waals surface area contributed by atoms with Crippen molar-refractivity contribution in [2.45, 2.75) is 19.8 Å². The molecule has 0 radical (unpaired) electrons. The molecular formula is C18H18N6. The topological polar surface area (TPSA) is 70.9 Å². The molecule has 1 saturated heterocycles. The Bertz CT molecular complexity index is 1070. The van der Waals surface area contributed by atoms with Gasteiger partial charge in [0, 0.05) is 41.8 Å². The molecule has 1 aromatic carbocycles. The normalized spacial score (nSPS) is 15.2. The lowest BCUT2D eigenvalue weighted by molar-refractivity contribution is 0.441. The van der Waals surface area contributed by atoms with Crippen LogP contribution in [0.2, 0.25) is 0 Å². The quantitative estimate of drug-likeness (QED) is 0.596. The second kappa shape index (κ2) is 4.88. The molecule has 24 heavy (non-hydrogen) atoms. The van der Waals surface area contributed by atoms with Crippen LogP contribution in [0, 0.1) is 13.8 Å². The first kappa shape index (κ1) is 13.7. The van der Waals surface area contributed by atoms with E-state index in [0.717, 1.165) is 35.4 Å². The van der Waals surface area contributed by atoms with E-state index in [1.807, 2.05) is 10.7 Å². The first-order valence-electron chi connectivity index (χ1n) is 8.20. The first-order chi connectivity index (χ1) is 11.7. The second-order valence-corrected chi connectivity index (χ2v) is 6.62. The number of fused-ring (bicyclic) bond motifs is 2. The molecule has 0 unspecified atom stereocenters. The summed E-state index contributed by atoms with van der Waals surface area (Å²) < 4.78 is 1.84. The Morgan fingerprint density at radius 2 is 2.00 bits per heavy atom. The van der Waals surface area contributed by atoms with Gasteiger partial charge in [0.1, 0.15) is 6.33 Å². The van der Waals surface area contributed by atoms with E-state index in [4.69, 9.17) is 0 Å². The van der Waals surface area contributed by atoms with Gasteiger partial charge in [-0.1, -0.05) is 0 Å². The molecule has 6 heteroatoms. The molecule has 0 atom stereocenters. The standard InChI is InChI=1S/C18H18N6/c1-10-4-15-16(22-23-17(15)13-6-19-7-13)5-14(10)12-3-11(2)18-20-9-21-24(18)8-12/h3-5,8-9,13,19H,6-7H2,1-2H3,(H,22,23). The lowest BCUT2D eigenvalue weighted by Gasteiger charge is -2.26. The average molecular weight is 318 g/mol. The molecule has 4 heterocycles. The fraction of sp³-hybridized carbons (Fsp3) is 0.278. The molecule has 4 aromatic rings. The molecule has 3 aromatic heterocycles. The molecule has 1 aliphatic rings. The zero-order valence-electron chi connectivity index (χ0n) is 13.7. The van der Waals surface area contributed by atoms with Crippen molar-refractivity contribution in [2.24, 2.45) is 0 Å². The molecule has 0 bridgehead atoms. The molecule has 0 amide bonds. The number of hydrogen-bond donors (Lipinski definition) is 2. The average Bonchev–Trinajstić information content (AvgIpc) is 3.12. The van der Waals surface area contributed by atoms with Crippen LogP contribution in [-0.2, 0) is 0 Å². The zero-order chi connectivity index (χ0) is 16.3. The van der Waals surface area contributed by atoms with E-state index in [9.17, 15) is 0 Å². The molecule has 0 aliphatic carbocycles. The summed E-state index contributed by atoms with van der Waals surface area (Å²) in [5, 5.41) is 16.6. The number of aromatic amines is 1. The number of benzene rings is 1. The Kier molecular flexibility index (Phi) is 2.78. The van der Waals surface area contributed by atoms with Crippen molar-refractivity contribution in [2.75, 3.05) is 13.1 Å². The van der Waals surface area contributed by atoms with E-state index in [1.54, 1.807) is 6.33 Å². The Labute approximate surface area is 138 Å².